The van der Waals surface area contributed by atoms with Gasteiger partial charge in [0.15, 0.2) is 5.76 Å². The Balaban J connectivity index is 2.15. The van der Waals surface area contributed by atoms with Crippen LogP contribution in [0.2, 0.25) is 0 Å². The van der Waals surface area contributed by atoms with Crippen molar-refractivity contribution in [3.8, 4) is 0 Å². The van der Waals surface area contributed by atoms with Crippen molar-refractivity contribution >= 4 is 22.8 Å². The minimum Gasteiger partial charge on any atom is -0.467 e. The highest BCUT2D eigenvalue weighted by atomic mass is 16.5. The van der Waals surface area contributed by atoms with Crippen LogP contribution in [-0.4, -0.2) is 25.0 Å². The quantitative estimate of drug-likeness (QED) is 0.859. The number of carbonyl (C=O) groups excluding carboxylic acids is 2. The molecule has 0 unspecified atom stereocenters. The van der Waals surface area contributed by atoms with E-state index in [1.54, 1.807) is 12.1 Å². The molecule has 0 bridgehead atoms. The van der Waals surface area contributed by atoms with Gasteiger partial charge in [0.05, 0.1) is 7.11 Å². The number of benzene rings is 1. The first-order valence-electron chi connectivity index (χ1n) is 6.88. The normalized spacial score (nSPS) is 12.4. The SMILES string of the molecule is COC(=O)[C@@H](CC(C)C)NC(=O)c1cc2ccccc2o1. The van der Waals surface area contributed by atoms with E-state index in [-0.39, 0.29) is 11.7 Å². The van der Waals surface area contributed by atoms with Crippen molar-refractivity contribution in [2.24, 2.45) is 5.92 Å². The Hall–Kier alpha value is -2.30. The number of furan rings is 1. The van der Waals surface area contributed by atoms with Gasteiger partial charge in [-0.3, -0.25) is 4.79 Å². The molecule has 0 saturated carbocycles. The molecule has 0 spiro atoms. The van der Waals surface area contributed by atoms with Crippen LogP contribution in [-0.2, 0) is 9.53 Å². The van der Waals surface area contributed by atoms with Gasteiger partial charge < -0.3 is 14.5 Å². The number of hydrogen-bond donors (Lipinski definition) is 1. The minimum absolute atomic E-state index is 0.189. The van der Waals surface area contributed by atoms with Crippen molar-refractivity contribution in [1.82, 2.24) is 5.32 Å². The van der Waals surface area contributed by atoms with Gasteiger partial charge in [0, 0.05) is 5.39 Å². The third-order valence-electron chi connectivity index (χ3n) is 3.15. The maximum atomic E-state index is 12.2. The summed E-state index contributed by atoms with van der Waals surface area (Å²) in [4.78, 5) is 23.9. The Kier molecular flexibility index (Phi) is 4.62. The number of rotatable bonds is 5. The summed E-state index contributed by atoms with van der Waals surface area (Å²) >= 11 is 0. The van der Waals surface area contributed by atoms with Crippen LogP contribution in [0.5, 0.6) is 0 Å². The van der Waals surface area contributed by atoms with Crippen LogP contribution in [0.25, 0.3) is 11.0 Å². The van der Waals surface area contributed by atoms with E-state index in [0.29, 0.717) is 12.0 Å². The maximum absolute atomic E-state index is 12.2. The standard InChI is InChI=1S/C16H19NO4/c1-10(2)8-12(16(19)20-3)17-15(18)14-9-11-6-4-5-7-13(11)21-14/h4-7,9-10,12H,8H2,1-3H3,(H,17,18)/t12-/m1/s1. The molecule has 1 heterocycles. The molecule has 0 aliphatic heterocycles. The van der Waals surface area contributed by atoms with Gasteiger partial charge in [0.2, 0.25) is 0 Å². The molecular weight excluding hydrogens is 270 g/mol. The molecule has 2 aromatic rings. The summed E-state index contributed by atoms with van der Waals surface area (Å²) in [6.07, 6.45) is 0.513. The lowest BCUT2D eigenvalue weighted by Gasteiger charge is -2.17. The number of hydrogen-bond acceptors (Lipinski definition) is 4. The fraction of sp³-hybridized carbons (Fsp3) is 0.375. The highest BCUT2D eigenvalue weighted by molar-refractivity contribution is 5.98. The first-order chi connectivity index (χ1) is 10.0. The lowest BCUT2D eigenvalue weighted by atomic mass is 10.0. The molecule has 1 aromatic heterocycles. The molecule has 1 amide bonds. The van der Waals surface area contributed by atoms with Crippen LogP contribution < -0.4 is 5.32 Å². The van der Waals surface area contributed by atoms with Gasteiger partial charge in [0.25, 0.3) is 5.91 Å². The van der Waals surface area contributed by atoms with Crippen LogP contribution in [0.3, 0.4) is 0 Å². The van der Waals surface area contributed by atoms with Gasteiger partial charge in [-0.1, -0.05) is 32.0 Å². The predicted molar refractivity (Wildman–Crippen MR) is 78.9 cm³/mol. The highest BCUT2D eigenvalue weighted by Gasteiger charge is 2.24. The summed E-state index contributed by atoms with van der Waals surface area (Å²) in [6.45, 7) is 3.95. The van der Waals surface area contributed by atoms with Gasteiger partial charge in [0.1, 0.15) is 11.6 Å². The Morgan fingerprint density at radius 3 is 2.62 bits per heavy atom. The monoisotopic (exact) mass is 289 g/mol. The third-order valence-corrected chi connectivity index (χ3v) is 3.15. The fourth-order valence-electron chi connectivity index (χ4n) is 2.15. The van der Waals surface area contributed by atoms with Crippen molar-refractivity contribution in [3.05, 3.63) is 36.1 Å². The highest BCUT2D eigenvalue weighted by Crippen LogP contribution is 2.19. The first-order valence-corrected chi connectivity index (χ1v) is 6.88. The van der Waals surface area contributed by atoms with Crippen LogP contribution in [0.15, 0.2) is 34.7 Å². The molecular formula is C16H19NO4. The second-order valence-corrected chi connectivity index (χ2v) is 5.33. The van der Waals surface area contributed by atoms with Crippen molar-refractivity contribution in [2.45, 2.75) is 26.3 Å². The molecule has 5 heteroatoms. The summed E-state index contributed by atoms with van der Waals surface area (Å²) in [5.41, 5.74) is 0.640. The molecule has 1 atom stereocenters. The zero-order valence-corrected chi connectivity index (χ0v) is 12.4. The van der Waals surface area contributed by atoms with Gasteiger partial charge >= 0.3 is 5.97 Å². The topological polar surface area (TPSA) is 68.5 Å². The summed E-state index contributed by atoms with van der Waals surface area (Å²) in [5.74, 6) is -0.422. The predicted octanol–water partition coefficient (Wildman–Crippen LogP) is 2.75. The largest absolute Gasteiger partial charge is 0.467 e. The Labute approximate surface area is 123 Å². The molecule has 0 aliphatic rings. The van der Waals surface area contributed by atoms with Gasteiger partial charge in [-0.25, -0.2) is 4.79 Å². The van der Waals surface area contributed by atoms with Gasteiger partial charge in [-0.15, -0.1) is 0 Å². The molecule has 1 N–H and O–H groups in total. The van der Waals surface area contributed by atoms with E-state index in [2.05, 4.69) is 5.32 Å². The second-order valence-electron chi connectivity index (χ2n) is 5.33. The molecule has 1 aromatic carbocycles. The van der Waals surface area contributed by atoms with Crippen molar-refractivity contribution < 1.29 is 18.7 Å². The summed E-state index contributed by atoms with van der Waals surface area (Å²) < 4.78 is 10.2. The molecule has 112 valence electrons. The maximum Gasteiger partial charge on any atom is 0.328 e. The number of esters is 1. The van der Waals surface area contributed by atoms with E-state index in [4.69, 9.17) is 9.15 Å². The number of fused-ring (bicyclic) bond motifs is 1. The number of carbonyl (C=O) groups is 2. The van der Waals surface area contributed by atoms with Crippen molar-refractivity contribution in [1.29, 1.82) is 0 Å². The zero-order chi connectivity index (χ0) is 15.4. The molecule has 21 heavy (non-hydrogen) atoms. The molecule has 2 rings (SSSR count). The molecule has 0 saturated heterocycles. The van der Waals surface area contributed by atoms with E-state index in [0.717, 1.165) is 5.39 Å². The van der Waals surface area contributed by atoms with Crippen molar-refractivity contribution in [2.75, 3.05) is 7.11 Å². The van der Waals surface area contributed by atoms with Gasteiger partial charge in [-0.2, -0.15) is 0 Å². The summed E-state index contributed by atoms with van der Waals surface area (Å²) in [6, 6.07) is 8.35. The molecule has 0 aliphatic carbocycles. The summed E-state index contributed by atoms with van der Waals surface area (Å²) in [5, 5.41) is 3.52. The van der Waals surface area contributed by atoms with E-state index in [9.17, 15) is 9.59 Å². The number of para-hydroxylation sites is 1. The molecule has 0 radical (unpaired) electrons. The van der Waals surface area contributed by atoms with Gasteiger partial charge in [-0.05, 0) is 24.5 Å². The summed E-state index contributed by atoms with van der Waals surface area (Å²) in [7, 11) is 1.31. The van der Waals surface area contributed by atoms with Crippen LogP contribution >= 0.6 is 0 Å². The number of nitrogens with one attached hydrogen (secondary N) is 1. The average molecular weight is 289 g/mol. The Morgan fingerprint density at radius 2 is 2.00 bits per heavy atom. The van der Waals surface area contributed by atoms with Crippen molar-refractivity contribution in [3.63, 3.8) is 0 Å². The van der Waals surface area contributed by atoms with Crippen LogP contribution in [0, 0.1) is 5.92 Å². The number of methoxy groups -OCH3 is 1. The molecule has 0 fully saturated rings. The lowest BCUT2D eigenvalue weighted by molar-refractivity contribution is -0.143. The number of amides is 1. The van der Waals surface area contributed by atoms with E-state index in [1.807, 2.05) is 32.0 Å². The van der Waals surface area contributed by atoms with E-state index < -0.39 is 17.9 Å². The molecule has 5 nitrogen and oxygen atoms in total. The zero-order valence-electron chi connectivity index (χ0n) is 12.4. The lowest BCUT2D eigenvalue weighted by Crippen LogP contribution is -2.42. The fourth-order valence-corrected chi connectivity index (χ4v) is 2.15. The van der Waals surface area contributed by atoms with Crippen LogP contribution in [0.1, 0.15) is 30.8 Å². The van der Waals surface area contributed by atoms with Crippen LogP contribution in [0.4, 0.5) is 0 Å². The Morgan fingerprint density at radius 1 is 1.29 bits per heavy atom. The average Bonchev–Trinajstić information content (AvgIpc) is 2.89. The first kappa shape index (κ1) is 15.1. The number of ether oxygens (including phenoxy) is 1. The Bertz CT molecular complexity index is 612. The minimum atomic E-state index is -0.671. The second kappa shape index (κ2) is 6.43. The van der Waals surface area contributed by atoms with E-state index in [1.165, 1.54) is 7.11 Å². The van der Waals surface area contributed by atoms with E-state index >= 15 is 0 Å². The third kappa shape index (κ3) is 3.62. The smallest absolute Gasteiger partial charge is 0.328 e.